The fourth-order valence-electron chi connectivity index (χ4n) is 3.33. The van der Waals surface area contributed by atoms with Gasteiger partial charge in [-0.05, 0) is 42.7 Å². The van der Waals surface area contributed by atoms with Crippen LogP contribution in [0.15, 0.2) is 24.3 Å². The Morgan fingerprint density at radius 3 is 2.84 bits per heavy atom. The topological polar surface area (TPSA) is 38.0 Å². The summed E-state index contributed by atoms with van der Waals surface area (Å²) in [7, 11) is 0. The standard InChI is InChI=1S/C16H25ClN2/c1-2-12-6-5-8-14(10-12)16(19-18)11-13-7-3-4-9-15(13)17/h3-4,7,9,12,14,16,19H,2,5-6,8,10-11,18H2,1H3. The van der Waals surface area contributed by atoms with Crippen LogP contribution in [0.5, 0.6) is 0 Å². The van der Waals surface area contributed by atoms with Crippen molar-refractivity contribution in [3.8, 4) is 0 Å². The third kappa shape index (κ3) is 3.95. The van der Waals surface area contributed by atoms with Crippen molar-refractivity contribution < 1.29 is 0 Å². The molecular formula is C16H25ClN2. The van der Waals surface area contributed by atoms with Crippen LogP contribution in [0.25, 0.3) is 0 Å². The zero-order chi connectivity index (χ0) is 13.7. The lowest BCUT2D eigenvalue weighted by Crippen LogP contribution is -2.44. The van der Waals surface area contributed by atoms with Crippen LogP contribution in [0, 0.1) is 11.8 Å². The predicted octanol–water partition coefficient (Wildman–Crippen LogP) is 3.93. The van der Waals surface area contributed by atoms with Crippen LogP contribution < -0.4 is 11.3 Å². The third-order valence-electron chi connectivity index (χ3n) is 4.58. The van der Waals surface area contributed by atoms with E-state index in [0.29, 0.717) is 12.0 Å². The number of hydrogen-bond acceptors (Lipinski definition) is 2. The minimum atomic E-state index is 0.342. The number of nitrogens with one attached hydrogen (secondary N) is 1. The van der Waals surface area contributed by atoms with Crippen LogP contribution in [0.1, 0.15) is 44.6 Å². The molecule has 0 aliphatic heterocycles. The summed E-state index contributed by atoms with van der Waals surface area (Å²) in [6, 6.07) is 8.43. The molecule has 1 fully saturated rings. The average molecular weight is 281 g/mol. The maximum absolute atomic E-state index is 6.25. The van der Waals surface area contributed by atoms with Gasteiger partial charge in [-0.15, -0.1) is 0 Å². The van der Waals surface area contributed by atoms with Gasteiger partial charge < -0.3 is 0 Å². The Balaban J connectivity index is 2.01. The molecule has 0 amide bonds. The highest BCUT2D eigenvalue weighted by Gasteiger charge is 2.27. The second-order valence-electron chi connectivity index (χ2n) is 5.77. The summed E-state index contributed by atoms with van der Waals surface area (Å²) < 4.78 is 0. The second-order valence-corrected chi connectivity index (χ2v) is 6.18. The van der Waals surface area contributed by atoms with E-state index in [9.17, 15) is 0 Å². The molecule has 0 heterocycles. The Hall–Kier alpha value is -0.570. The molecule has 1 saturated carbocycles. The maximum Gasteiger partial charge on any atom is 0.0438 e. The first kappa shape index (κ1) is 14.8. The van der Waals surface area contributed by atoms with E-state index >= 15 is 0 Å². The Morgan fingerprint density at radius 1 is 1.37 bits per heavy atom. The number of halogens is 1. The van der Waals surface area contributed by atoms with Crippen molar-refractivity contribution in [3.05, 3.63) is 34.9 Å². The largest absolute Gasteiger partial charge is 0.271 e. The van der Waals surface area contributed by atoms with Crippen molar-refractivity contribution in [2.24, 2.45) is 17.7 Å². The van der Waals surface area contributed by atoms with Gasteiger partial charge in [0.05, 0.1) is 0 Å². The molecule has 106 valence electrons. The SMILES string of the molecule is CCC1CCCC(C(Cc2ccccc2Cl)NN)C1. The molecule has 0 saturated heterocycles. The number of hydrazine groups is 1. The molecular weight excluding hydrogens is 256 g/mol. The summed E-state index contributed by atoms with van der Waals surface area (Å²) in [5, 5.41) is 0.852. The van der Waals surface area contributed by atoms with E-state index in [-0.39, 0.29) is 0 Å². The van der Waals surface area contributed by atoms with Crippen LogP contribution in [0.4, 0.5) is 0 Å². The number of nitrogens with two attached hydrogens (primary N) is 1. The molecule has 3 atom stereocenters. The van der Waals surface area contributed by atoms with Crippen molar-refractivity contribution in [1.82, 2.24) is 5.43 Å². The molecule has 0 radical (unpaired) electrons. The highest BCUT2D eigenvalue weighted by molar-refractivity contribution is 6.31. The molecule has 3 N–H and O–H groups in total. The number of benzene rings is 1. The van der Waals surface area contributed by atoms with Gasteiger partial charge in [-0.3, -0.25) is 11.3 Å². The molecule has 19 heavy (non-hydrogen) atoms. The van der Waals surface area contributed by atoms with Crippen LogP contribution in [-0.2, 0) is 6.42 Å². The van der Waals surface area contributed by atoms with E-state index in [1.165, 1.54) is 37.7 Å². The highest BCUT2D eigenvalue weighted by atomic mass is 35.5. The minimum Gasteiger partial charge on any atom is -0.271 e. The summed E-state index contributed by atoms with van der Waals surface area (Å²) in [5.41, 5.74) is 4.23. The Bertz CT molecular complexity index is 394. The molecule has 0 spiro atoms. The molecule has 2 rings (SSSR count). The Morgan fingerprint density at radius 2 is 2.16 bits per heavy atom. The van der Waals surface area contributed by atoms with Gasteiger partial charge in [0.2, 0.25) is 0 Å². The fraction of sp³-hybridized carbons (Fsp3) is 0.625. The molecule has 3 heteroatoms. The van der Waals surface area contributed by atoms with E-state index in [2.05, 4.69) is 18.4 Å². The molecule has 1 aromatic rings. The van der Waals surface area contributed by atoms with E-state index in [4.69, 9.17) is 17.4 Å². The second kappa shape index (κ2) is 7.28. The van der Waals surface area contributed by atoms with Crippen LogP contribution >= 0.6 is 11.6 Å². The first-order chi connectivity index (χ1) is 9.24. The summed E-state index contributed by atoms with van der Waals surface area (Å²) in [4.78, 5) is 0. The fourth-order valence-corrected chi connectivity index (χ4v) is 3.54. The lowest BCUT2D eigenvalue weighted by atomic mass is 9.75. The maximum atomic E-state index is 6.25. The zero-order valence-corrected chi connectivity index (χ0v) is 12.5. The van der Waals surface area contributed by atoms with Crippen molar-refractivity contribution in [1.29, 1.82) is 0 Å². The lowest BCUT2D eigenvalue weighted by molar-refractivity contribution is 0.208. The van der Waals surface area contributed by atoms with Crippen molar-refractivity contribution in [3.63, 3.8) is 0 Å². The van der Waals surface area contributed by atoms with Crippen molar-refractivity contribution >= 4 is 11.6 Å². The Kier molecular flexibility index (Phi) is 5.68. The first-order valence-electron chi connectivity index (χ1n) is 7.44. The van der Waals surface area contributed by atoms with Gasteiger partial charge >= 0.3 is 0 Å². The van der Waals surface area contributed by atoms with Gasteiger partial charge in [-0.2, -0.15) is 0 Å². The zero-order valence-electron chi connectivity index (χ0n) is 11.7. The van der Waals surface area contributed by atoms with Gasteiger partial charge in [0.25, 0.3) is 0 Å². The smallest absolute Gasteiger partial charge is 0.0438 e. The summed E-state index contributed by atoms with van der Waals surface area (Å²) in [5.74, 6) is 7.35. The van der Waals surface area contributed by atoms with Crippen LogP contribution in [0.3, 0.4) is 0 Å². The van der Waals surface area contributed by atoms with Gasteiger partial charge in [0.15, 0.2) is 0 Å². The number of rotatable bonds is 5. The molecule has 1 aliphatic rings. The monoisotopic (exact) mass is 280 g/mol. The summed E-state index contributed by atoms with van der Waals surface area (Å²) >= 11 is 6.25. The molecule has 1 aliphatic carbocycles. The molecule has 3 unspecified atom stereocenters. The third-order valence-corrected chi connectivity index (χ3v) is 4.95. The van der Waals surface area contributed by atoms with Gasteiger partial charge in [0, 0.05) is 11.1 Å². The van der Waals surface area contributed by atoms with E-state index in [1.807, 2.05) is 18.2 Å². The van der Waals surface area contributed by atoms with E-state index in [0.717, 1.165) is 17.4 Å². The van der Waals surface area contributed by atoms with Crippen molar-refractivity contribution in [2.45, 2.75) is 51.5 Å². The van der Waals surface area contributed by atoms with Gasteiger partial charge in [0.1, 0.15) is 0 Å². The first-order valence-corrected chi connectivity index (χ1v) is 7.82. The van der Waals surface area contributed by atoms with E-state index < -0.39 is 0 Å². The van der Waals surface area contributed by atoms with E-state index in [1.54, 1.807) is 0 Å². The van der Waals surface area contributed by atoms with Gasteiger partial charge in [-0.25, -0.2) is 0 Å². The van der Waals surface area contributed by atoms with Crippen molar-refractivity contribution in [2.75, 3.05) is 0 Å². The number of hydrogen-bond donors (Lipinski definition) is 2. The molecule has 2 nitrogen and oxygen atoms in total. The summed E-state index contributed by atoms with van der Waals surface area (Å²) in [6.07, 6.45) is 7.53. The van der Waals surface area contributed by atoms with Crippen LogP contribution in [-0.4, -0.2) is 6.04 Å². The quantitative estimate of drug-likeness (QED) is 0.633. The average Bonchev–Trinajstić information content (AvgIpc) is 2.46. The predicted molar refractivity (Wildman–Crippen MR) is 82.0 cm³/mol. The molecule has 1 aromatic carbocycles. The summed E-state index contributed by atoms with van der Waals surface area (Å²) in [6.45, 7) is 2.30. The van der Waals surface area contributed by atoms with Crippen LogP contribution in [0.2, 0.25) is 5.02 Å². The van der Waals surface area contributed by atoms with Gasteiger partial charge in [-0.1, -0.05) is 56.0 Å². The normalized spacial score (nSPS) is 25.2. The highest BCUT2D eigenvalue weighted by Crippen LogP contribution is 2.34. The molecule has 0 aromatic heterocycles. The minimum absolute atomic E-state index is 0.342. The molecule has 0 bridgehead atoms. The Labute approximate surface area is 121 Å². The lowest BCUT2D eigenvalue weighted by Gasteiger charge is -2.34.